The van der Waals surface area contributed by atoms with Crippen molar-refractivity contribution in [2.24, 2.45) is 5.10 Å². The molecule has 2 aliphatic rings. The van der Waals surface area contributed by atoms with Crippen LogP contribution in [-0.2, 0) is 10.3 Å². The van der Waals surface area contributed by atoms with Gasteiger partial charge in [-0.25, -0.2) is 15.0 Å². The van der Waals surface area contributed by atoms with Crippen molar-refractivity contribution in [3.8, 4) is 11.5 Å². The first-order chi connectivity index (χ1) is 23.8. The van der Waals surface area contributed by atoms with Crippen LogP contribution < -0.4 is 19.9 Å². The van der Waals surface area contributed by atoms with Crippen molar-refractivity contribution in [1.82, 2.24) is 15.0 Å². The summed E-state index contributed by atoms with van der Waals surface area (Å²) in [5.41, 5.74) is 5.02. The number of fused-ring (bicyclic) bond motifs is 7. The number of carbonyl (C=O) groups excluding carboxylic acids is 2. The van der Waals surface area contributed by atoms with Crippen LogP contribution in [0.1, 0.15) is 67.4 Å². The minimum atomic E-state index is -1.11. The zero-order valence-corrected chi connectivity index (χ0v) is 28.4. The predicted octanol–water partition coefficient (Wildman–Crippen LogP) is 7.17. The number of carbonyl (C=O) groups is 2. The molecule has 4 heterocycles. The van der Waals surface area contributed by atoms with Crippen molar-refractivity contribution >= 4 is 46.3 Å². The molecule has 0 atom stereocenters. The summed E-state index contributed by atoms with van der Waals surface area (Å²) in [6.07, 6.45) is 1.60. The maximum Gasteiger partial charge on any atom is 0.275 e. The fourth-order valence-electron chi connectivity index (χ4n) is 7.10. The summed E-state index contributed by atoms with van der Waals surface area (Å²) in [5.74, 6) is 1.33. The van der Waals surface area contributed by atoms with Gasteiger partial charge in [0, 0.05) is 84.3 Å². The fourth-order valence-corrected chi connectivity index (χ4v) is 7.10. The molecule has 0 bridgehead atoms. The molecule has 2 aliphatic heterocycles. The number of hydrogen-bond donors (Lipinski definition) is 1. The summed E-state index contributed by atoms with van der Waals surface area (Å²) >= 11 is 0. The van der Waals surface area contributed by atoms with Crippen molar-refractivity contribution in [2.45, 2.75) is 40.2 Å². The van der Waals surface area contributed by atoms with Crippen LogP contribution in [-0.4, -0.2) is 59.2 Å². The molecule has 10 nitrogen and oxygen atoms in total. The van der Waals surface area contributed by atoms with Crippen LogP contribution in [0.4, 0.5) is 17.2 Å². The highest BCUT2D eigenvalue weighted by Gasteiger charge is 2.57. The van der Waals surface area contributed by atoms with Crippen molar-refractivity contribution < 1.29 is 14.3 Å². The van der Waals surface area contributed by atoms with Gasteiger partial charge in [-0.2, -0.15) is 5.10 Å². The van der Waals surface area contributed by atoms with Gasteiger partial charge >= 0.3 is 0 Å². The lowest BCUT2D eigenvalue weighted by atomic mass is 9.75. The summed E-state index contributed by atoms with van der Waals surface area (Å²) in [5, 5.41) is 10.0. The van der Waals surface area contributed by atoms with Crippen LogP contribution >= 0.6 is 0 Å². The van der Waals surface area contributed by atoms with Crippen LogP contribution in [0.5, 0.6) is 11.5 Å². The second-order valence-corrected chi connectivity index (χ2v) is 12.1. The van der Waals surface area contributed by atoms with Gasteiger partial charge in [0.25, 0.3) is 5.91 Å². The van der Waals surface area contributed by atoms with Gasteiger partial charge in [0.15, 0.2) is 5.65 Å². The molecule has 2 amide bonds. The lowest BCUT2D eigenvalue weighted by molar-refractivity contribution is -0.114. The highest BCUT2D eigenvalue weighted by molar-refractivity contribution is 6.03. The van der Waals surface area contributed by atoms with Crippen molar-refractivity contribution in [2.75, 3.05) is 41.3 Å². The van der Waals surface area contributed by atoms with Crippen molar-refractivity contribution in [3.63, 3.8) is 0 Å². The molecule has 0 saturated heterocycles. The van der Waals surface area contributed by atoms with E-state index in [0.29, 0.717) is 34.2 Å². The van der Waals surface area contributed by atoms with Gasteiger partial charge in [0.2, 0.25) is 5.91 Å². The Morgan fingerprint density at radius 2 is 1.43 bits per heavy atom. The van der Waals surface area contributed by atoms with Gasteiger partial charge in [-0.05, 0) is 70.2 Å². The van der Waals surface area contributed by atoms with Gasteiger partial charge in [0.05, 0.1) is 11.9 Å². The number of amides is 2. The topological polar surface area (TPSA) is 103 Å². The van der Waals surface area contributed by atoms with Gasteiger partial charge in [-0.1, -0.05) is 30.3 Å². The monoisotopic (exact) mass is 653 g/mol. The average molecular weight is 654 g/mol. The van der Waals surface area contributed by atoms with E-state index in [2.05, 4.69) is 84.2 Å². The highest BCUT2D eigenvalue weighted by Crippen LogP contribution is 2.58. The molecule has 248 valence electrons. The molecule has 0 radical (unpaired) electrons. The third kappa shape index (κ3) is 5.24. The number of hydrazone groups is 1. The van der Waals surface area contributed by atoms with E-state index >= 15 is 0 Å². The Kier molecular flexibility index (Phi) is 8.23. The number of nitrogens with zero attached hydrogens (tertiary/aromatic N) is 6. The van der Waals surface area contributed by atoms with Crippen LogP contribution in [0, 0.1) is 0 Å². The van der Waals surface area contributed by atoms with Crippen LogP contribution in [0.15, 0.2) is 90.0 Å². The predicted molar refractivity (Wildman–Crippen MR) is 194 cm³/mol. The number of benzene rings is 3. The minimum absolute atomic E-state index is 0.215. The van der Waals surface area contributed by atoms with E-state index in [1.54, 1.807) is 17.3 Å². The molecule has 5 aromatic rings. The van der Waals surface area contributed by atoms with E-state index in [4.69, 9.17) is 14.8 Å². The third-order valence-corrected chi connectivity index (χ3v) is 9.43. The molecule has 1 N–H and O–H groups in total. The first-order valence-corrected chi connectivity index (χ1v) is 16.8. The second-order valence-electron chi connectivity index (χ2n) is 12.1. The summed E-state index contributed by atoms with van der Waals surface area (Å²) in [6, 6.07) is 27.5. The maximum atomic E-state index is 14.5. The fraction of sp³-hybridized carbons (Fsp3) is 0.256. The normalized spacial score (nSPS) is 14.1. The number of aromatic nitrogens is 2. The summed E-state index contributed by atoms with van der Waals surface area (Å²) in [6.45, 7) is 13.4. The number of ether oxygens (including phenoxy) is 1. The Morgan fingerprint density at radius 1 is 0.816 bits per heavy atom. The molecule has 0 unspecified atom stereocenters. The van der Waals surface area contributed by atoms with Crippen LogP contribution in [0.2, 0.25) is 0 Å². The van der Waals surface area contributed by atoms with Gasteiger partial charge in [-0.15, -0.1) is 0 Å². The summed E-state index contributed by atoms with van der Waals surface area (Å²) in [7, 11) is 0. The molecule has 0 fully saturated rings. The Labute approximate surface area is 286 Å². The number of anilines is 3. The smallest absolute Gasteiger partial charge is 0.275 e. The van der Waals surface area contributed by atoms with E-state index in [1.807, 2.05) is 42.5 Å². The molecular weight excluding hydrogens is 614 g/mol. The minimum Gasteiger partial charge on any atom is -0.456 e. The lowest BCUT2D eigenvalue weighted by Crippen LogP contribution is -2.44. The molecule has 0 aliphatic carbocycles. The average Bonchev–Trinajstić information content (AvgIpc) is 3.35. The van der Waals surface area contributed by atoms with E-state index in [9.17, 15) is 9.59 Å². The van der Waals surface area contributed by atoms with Crippen LogP contribution in [0.3, 0.4) is 0 Å². The molecule has 1 spiro atoms. The molecule has 2 aromatic heterocycles. The Bertz CT molecular complexity index is 2060. The Balaban J connectivity index is 1.43. The summed E-state index contributed by atoms with van der Waals surface area (Å²) in [4.78, 5) is 39.9. The van der Waals surface area contributed by atoms with E-state index in [1.165, 1.54) is 6.92 Å². The Morgan fingerprint density at radius 3 is 2.04 bits per heavy atom. The summed E-state index contributed by atoms with van der Waals surface area (Å²) < 4.78 is 6.78. The third-order valence-electron chi connectivity index (χ3n) is 9.43. The van der Waals surface area contributed by atoms with Gasteiger partial charge in [-0.3, -0.25) is 9.59 Å². The lowest BCUT2D eigenvalue weighted by Gasteiger charge is -2.42. The first-order valence-electron chi connectivity index (χ1n) is 16.8. The SMILES string of the molecule is CCN(CC)c1ccc2c(c1)Oc1cc(N(CC)CC)ccc1C21c2ccccc2C(=O)N1/N=C/c1ccc2ccc(NC(C)=O)nc2n1. The van der Waals surface area contributed by atoms with Crippen molar-refractivity contribution in [1.29, 1.82) is 0 Å². The zero-order valence-electron chi connectivity index (χ0n) is 28.4. The molecule has 49 heavy (non-hydrogen) atoms. The Hall–Kier alpha value is -5.77. The van der Waals surface area contributed by atoms with Crippen molar-refractivity contribution in [3.05, 3.63) is 113 Å². The zero-order chi connectivity index (χ0) is 34.3. The van der Waals surface area contributed by atoms with E-state index in [0.717, 1.165) is 59.6 Å². The van der Waals surface area contributed by atoms with Gasteiger partial charge in [0.1, 0.15) is 22.9 Å². The molecule has 10 heteroatoms. The molecule has 3 aromatic carbocycles. The highest BCUT2D eigenvalue weighted by atomic mass is 16.5. The van der Waals surface area contributed by atoms with Gasteiger partial charge < -0.3 is 19.9 Å². The van der Waals surface area contributed by atoms with E-state index in [-0.39, 0.29) is 11.8 Å². The second kappa shape index (κ2) is 12.7. The largest absolute Gasteiger partial charge is 0.456 e. The molecule has 0 saturated carbocycles. The maximum absolute atomic E-state index is 14.5. The number of hydrogen-bond acceptors (Lipinski definition) is 8. The quantitative estimate of drug-likeness (QED) is 0.168. The van der Waals surface area contributed by atoms with Crippen LogP contribution in [0.25, 0.3) is 11.0 Å². The number of rotatable bonds is 9. The van der Waals surface area contributed by atoms with E-state index < -0.39 is 5.54 Å². The number of pyridine rings is 2. The number of nitrogens with one attached hydrogen (secondary N) is 1. The molecule has 7 rings (SSSR count). The standard InChI is InChI=1S/C39H39N7O3/c1-6-44(7-2)28-17-19-32-34(22-28)49-35-23-29(45(8-3)9-4)18-20-33(35)39(32)31-13-11-10-12-30(31)38(48)46(39)40-24-27-16-14-26-15-21-36(41-25(5)47)43-37(26)42-27/h10-24H,6-9H2,1-5H3,(H,41,42,43,47)/b40-24+. The first kappa shape index (κ1) is 31.8. The molecular formula is C39H39N7O3.